The molecule has 0 aliphatic carbocycles. The van der Waals surface area contributed by atoms with Crippen LogP contribution in [0.5, 0.6) is 0 Å². The van der Waals surface area contributed by atoms with Crippen LogP contribution >= 0.6 is 0 Å². The van der Waals surface area contributed by atoms with Crippen molar-refractivity contribution in [2.24, 2.45) is 0 Å². The molecule has 1 aromatic rings. The normalized spacial score (nSPS) is 30.1. The van der Waals surface area contributed by atoms with E-state index in [9.17, 15) is 4.39 Å². The van der Waals surface area contributed by atoms with E-state index in [1.54, 1.807) is 0 Å². The van der Waals surface area contributed by atoms with Gasteiger partial charge in [0.25, 0.3) is 0 Å². The molecule has 1 aromatic carbocycles. The first-order valence-electron chi connectivity index (χ1n) is 6.76. The first-order valence-corrected chi connectivity index (χ1v) is 6.76. The highest BCUT2D eigenvalue weighted by molar-refractivity contribution is 5.24. The summed E-state index contributed by atoms with van der Waals surface area (Å²) in [7, 11) is 0. The third-order valence-corrected chi connectivity index (χ3v) is 4.00. The van der Waals surface area contributed by atoms with Crippen molar-refractivity contribution in [1.29, 1.82) is 0 Å². The Bertz CT molecular complexity index is 368. The fourth-order valence-corrected chi connectivity index (χ4v) is 2.76. The molecule has 1 aliphatic heterocycles. The number of hydrogen-bond donors (Lipinski definition) is 1. The molecule has 2 nitrogen and oxygen atoms in total. The highest BCUT2D eigenvalue weighted by Gasteiger charge is 2.32. The van der Waals surface area contributed by atoms with Crippen LogP contribution in [0.2, 0.25) is 0 Å². The maximum atomic E-state index is 12.7. The zero-order valence-corrected chi connectivity index (χ0v) is 11.3. The predicted molar refractivity (Wildman–Crippen MR) is 73.4 cm³/mol. The molecule has 0 spiro atoms. The summed E-state index contributed by atoms with van der Waals surface area (Å²) in [6, 6.07) is 10.9. The molecule has 0 bridgehead atoms. The molecule has 2 rings (SSSR count). The van der Waals surface area contributed by atoms with Crippen LogP contribution in [-0.2, 0) is 5.54 Å². The van der Waals surface area contributed by atoms with Crippen molar-refractivity contribution in [3.8, 4) is 0 Å². The van der Waals surface area contributed by atoms with E-state index in [1.165, 1.54) is 5.56 Å². The van der Waals surface area contributed by atoms with Crippen LogP contribution in [-0.4, -0.2) is 37.3 Å². The first kappa shape index (κ1) is 13.5. The van der Waals surface area contributed by atoms with E-state index in [2.05, 4.69) is 48.3 Å². The zero-order chi connectivity index (χ0) is 13.0. The van der Waals surface area contributed by atoms with E-state index < -0.39 is 0 Å². The summed E-state index contributed by atoms with van der Waals surface area (Å²) in [6.07, 6.45) is 1.07. The summed E-state index contributed by atoms with van der Waals surface area (Å²) < 4.78 is 12.7. The number of hydrogen-bond acceptors (Lipinski definition) is 2. The van der Waals surface area contributed by atoms with Crippen LogP contribution in [0.25, 0.3) is 0 Å². The number of alkyl halides is 1. The molecule has 18 heavy (non-hydrogen) atoms. The third-order valence-electron chi connectivity index (χ3n) is 4.00. The number of rotatable bonds is 3. The van der Waals surface area contributed by atoms with Crippen molar-refractivity contribution in [2.45, 2.75) is 31.8 Å². The summed E-state index contributed by atoms with van der Waals surface area (Å²) in [5, 5.41) is 3.63. The number of nitrogens with zero attached hydrogens (tertiary/aromatic N) is 1. The number of halogens is 1. The molecule has 0 amide bonds. The molecule has 1 fully saturated rings. The Morgan fingerprint density at radius 3 is 2.78 bits per heavy atom. The van der Waals surface area contributed by atoms with Gasteiger partial charge < -0.3 is 5.32 Å². The summed E-state index contributed by atoms with van der Waals surface area (Å²) >= 11 is 0. The molecular weight excluding hydrogens is 227 g/mol. The Morgan fingerprint density at radius 1 is 1.39 bits per heavy atom. The van der Waals surface area contributed by atoms with E-state index in [-0.39, 0.29) is 12.2 Å². The molecule has 3 heteroatoms. The highest BCUT2D eigenvalue weighted by atomic mass is 19.1. The molecule has 0 radical (unpaired) electrons. The maximum absolute atomic E-state index is 12.7. The third kappa shape index (κ3) is 2.90. The number of benzene rings is 1. The Kier molecular flexibility index (Phi) is 4.36. The average Bonchev–Trinajstić information content (AvgIpc) is 2.52. The van der Waals surface area contributed by atoms with Gasteiger partial charge in [-0.3, -0.25) is 4.90 Å². The van der Waals surface area contributed by atoms with Gasteiger partial charge in [0.1, 0.15) is 6.67 Å². The lowest BCUT2D eigenvalue weighted by Crippen LogP contribution is -2.48. The molecule has 1 N–H and O–H groups in total. The van der Waals surface area contributed by atoms with E-state index in [0.717, 1.165) is 19.5 Å². The summed E-state index contributed by atoms with van der Waals surface area (Å²) in [6.45, 7) is 6.51. The topological polar surface area (TPSA) is 15.3 Å². The minimum Gasteiger partial charge on any atom is -0.306 e. The van der Waals surface area contributed by atoms with Gasteiger partial charge in [0, 0.05) is 19.1 Å². The van der Waals surface area contributed by atoms with Gasteiger partial charge in [0.2, 0.25) is 0 Å². The molecule has 0 aromatic heterocycles. The van der Waals surface area contributed by atoms with Gasteiger partial charge >= 0.3 is 0 Å². The Labute approximate surface area is 109 Å². The SMILES string of the molecule is CC1CCNC(C)(c2ccccc2)CN1CCF. The second kappa shape index (κ2) is 5.81. The van der Waals surface area contributed by atoms with Crippen LogP contribution < -0.4 is 5.32 Å². The minimum absolute atomic E-state index is 0.0822. The molecule has 1 heterocycles. The van der Waals surface area contributed by atoms with E-state index in [1.807, 2.05) is 6.07 Å². The molecule has 0 saturated carbocycles. The smallest absolute Gasteiger partial charge is 0.102 e. The molecule has 100 valence electrons. The van der Waals surface area contributed by atoms with E-state index in [0.29, 0.717) is 12.6 Å². The van der Waals surface area contributed by atoms with Crippen molar-refractivity contribution in [2.75, 3.05) is 26.3 Å². The van der Waals surface area contributed by atoms with Crippen LogP contribution in [0.3, 0.4) is 0 Å². The van der Waals surface area contributed by atoms with Gasteiger partial charge in [-0.1, -0.05) is 30.3 Å². The first-order chi connectivity index (χ1) is 8.65. The highest BCUT2D eigenvalue weighted by Crippen LogP contribution is 2.25. The fourth-order valence-electron chi connectivity index (χ4n) is 2.76. The minimum atomic E-state index is -0.269. The van der Waals surface area contributed by atoms with Gasteiger partial charge in [0.15, 0.2) is 0 Å². The van der Waals surface area contributed by atoms with Gasteiger partial charge in [-0.15, -0.1) is 0 Å². The van der Waals surface area contributed by atoms with Gasteiger partial charge in [-0.2, -0.15) is 0 Å². The maximum Gasteiger partial charge on any atom is 0.102 e. The standard InChI is InChI=1S/C15H23FN2/c1-13-8-10-17-15(2,12-18(13)11-9-16)14-6-4-3-5-7-14/h3-7,13,17H,8-12H2,1-2H3. The lowest BCUT2D eigenvalue weighted by atomic mass is 9.91. The molecular formula is C15H23FN2. The van der Waals surface area contributed by atoms with Crippen LogP contribution in [0.15, 0.2) is 30.3 Å². The van der Waals surface area contributed by atoms with E-state index in [4.69, 9.17) is 0 Å². The van der Waals surface area contributed by atoms with E-state index >= 15 is 0 Å². The lowest BCUT2D eigenvalue weighted by Gasteiger charge is -2.35. The van der Waals surface area contributed by atoms with Crippen molar-refractivity contribution < 1.29 is 4.39 Å². The molecule has 2 unspecified atom stereocenters. The van der Waals surface area contributed by atoms with Gasteiger partial charge in [0.05, 0.1) is 5.54 Å². The van der Waals surface area contributed by atoms with Crippen molar-refractivity contribution in [3.05, 3.63) is 35.9 Å². The largest absolute Gasteiger partial charge is 0.306 e. The van der Waals surface area contributed by atoms with Crippen LogP contribution in [0.1, 0.15) is 25.8 Å². The van der Waals surface area contributed by atoms with Crippen molar-refractivity contribution >= 4 is 0 Å². The lowest BCUT2D eigenvalue weighted by molar-refractivity contribution is 0.162. The summed E-state index contributed by atoms with van der Waals surface area (Å²) in [5.41, 5.74) is 1.20. The monoisotopic (exact) mass is 250 g/mol. The Hall–Kier alpha value is -0.930. The fraction of sp³-hybridized carbons (Fsp3) is 0.600. The van der Waals surface area contributed by atoms with Crippen molar-refractivity contribution in [3.63, 3.8) is 0 Å². The Morgan fingerprint density at radius 2 is 2.11 bits per heavy atom. The average molecular weight is 250 g/mol. The second-order valence-corrected chi connectivity index (χ2v) is 5.42. The summed E-state index contributed by atoms with van der Waals surface area (Å²) in [5.74, 6) is 0. The predicted octanol–water partition coefficient (Wildman–Crippen LogP) is 2.56. The molecule has 2 atom stereocenters. The second-order valence-electron chi connectivity index (χ2n) is 5.42. The van der Waals surface area contributed by atoms with Gasteiger partial charge in [-0.25, -0.2) is 4.39 Å². The van der Waals surface area contributed by atoms with Crippen LogP contribution in [0, 0.1) is 0 Å². The molecule has 1 saturated heterocycles. The van der Waals surface area contributed by atoms with Crippen molar-refractivity contribution in [1.82, 2.24) is 10.2 Å². The summed E-state index contributed by atoms with van der Waals surface area (Å²) in [4.78, 5) is 2.26. The Balaban J connectivity index is 2.21. The molecule has 1 aliphatic rings. The number of nitrogens with one attached hydrogen (secondary N) is 1. The quantitative estimate of drug-likeness (QED) is 0.887. The zero-order valence-electron chi connectivity index (χ0n) is 11.3. The van der Waals surface area contributed by atoms with Gasteiger partial charge in [-0.05, 0) is 32.4 Å². The van der Waals surface area contributed by atoms with Crippen LogP contribution in [0.4, 0.5) is 4.39 Å².